The lowest BCUT2D eigenvalue weighted by molar-refractivity contribution is -0.385. The molecular formula is C22H26F2N4O6. The summed E-state index contributed by atoms with van der Waals surface area (Å²) in [5.41, 5.74) is 2.03. The summed E-state index contributed by atoms with van der Waals surface area (Å²) in [5.74, 6) is -2.99. The second-order valence-corrected chi connectivity index (χ2v) is 9.37. The largest absolute Gasteiger partial charge is 0.465 e. The first-order valence-corrected chi connectivity index (χ1v) is 10.0. The molecule has 0 unspecified atom stereocenters. The Balaban J connectivity index is 2.70. The number of halogens is 2. The summed E-state index contributed by atoms with van der Waals surface area (Å²) in [6, 6.07) is 4.92. The third kappa shape index (κ3) is 5.33. The van der Waals surface area contributed by atoms with E-state index >= 15 is 0 Å². The molecule has 0 aromatic heterocycles. The smallest absolute Gasteiger partial charge is 0.420 e. The van der Waals surface area contributed by atoms with E-state index in [1.54, 1.807) is 20.8 Å². The molecule has 12 heteroatoms. The standard InChI is InChI=1S/C22H26F2N4O6/c1-21(2,3)26(19(29)30)16-10-8-13(24)18(17(16)28(32)33)34-20(31)27(22(4,5)6)15-9-7-12(23)11-14(15)25/h7-11H,25H2,1-6H3,(H,29,30). The van der Waals surface area contributed by atoms with Gasteiger partial charge in [-0.05, 0) is 71.9 Å². The van der Waals surface area contributed by atoms with E-state index in [-0.39, 0.29) is 11.4 Å². The summed E-state index contributed by atoms with van der Waals surface area (Å²) in [7, 11) is 0. The first-order valence-electron chi connectivity index (χ1n) is 10.0. The third-order valence-corrected chi connectivity index (χ3v) is 4.62. The number of anilines is 3. The van der Waals surface area contributed by atoms with Crippen LogP contribution in [0, 0.1) is 21.7 Å². The number of amides is 2. The summed E-state index contributed by atoms with van der Waals surface area (Å²) < 4.78 is 33.5. The Hall–Kier alpha value is -3.96. The molecule has 0 aliphatic rings. The highest BCUT2D eigenvalue weighted by Crippen LogP contribution is 2.42. The highest BCUT2D eigenvalue weighted by Gasteiger charge is 2.39. The summed E-state index contributed by atoms with van der Waals surface area (Å²) in [5, 5.41) is 21.6. The molecule has 0 spiro atoms. The predicted molar refractivity (Wildman–Crippen MR) is 122 cm³/mol. The minimum Gasteiger partial charge on any atom is -0.465 e. The van der Waals surface area contributed by atoms with Gasteiger partial charge in [0.25, 0.3) is 0 Å². The van der Waals surface area contributed by atoms with Crippen LogP contribution in [-0.2, 0) is 0 Å². The van der Waals surface area contributed by atoms with Gasteiger partial charge in [0.15, 0.2) is 5.82 Å². The number of nitrogens with zero attached hydrogens (tertiary/aromatic N) is 3. The van der Waals surface area contributed by atoms with Gasteiger partial charge in [0.2, 0.25) is 5.75 Å². The molecule has 0 aliphatic carbocycles. The van der Waals surface area contributed by atoms with Crippen molar-refractivity contribution < 1.29 is 33.1 Å². The highest BCUT2D eigenvalue weighted by atomic mass is 19.1. The Labute approximate surface area is 194 Å². The quantitative estimate of drug-likeness (QED) is 0.332. The van der Waals surface area contributed by atoms with E-state index in [1.165, 1.54) is 26.8 Å². The number of carbonyl (C=O) groups excluding carboxylic acids is 1. The van der Waals surface area contributed by atoms with E-state index in [9.17, 15) is 33.6 Å². The molecule has 10 nitrogen and oxygen atoms in total. The van der Waals surface area contributed by atoms with Gasteiger partial charge in [-0.3, -0.25) is 19.9 Å². The van der Waals surface area contributed by atoms with Crippen LogP contribution in [-0.4, -0.2) is 33.3 Å². The topological polar surface area (TPSA) is 139 Å². The molecule has 0 saturated carbocycles. The van der Waals surface area contributed by atoms with Gasteiger partial charge in [0, 0.05) is 11.1 Å². The lowest BCUT2D eigenvalue weighted by Gasteiger charge is -2.35. The van der Waals surface area contributed by atoms with E-state index in [2.05, 4.69) is 0 Å². The molecule has 2 aromatic rings. The number of ether oxygens (including phenoxy) is 1. The van der Waals surface area contributed by atoms with Crippen LogP contribution in [0.1, 0.15) is 41.5 Å². The number of benzene rings is 2. The first kappa shape index (κ1) is 26.3. The van der Waals surface area contributed by atoms with Gasteiger partial charge in [0.1, 0.15) is 11.5 Å². The number of nitrogens with two attached hydrogens (primary N) is 1. The summed E-state index contributed by atoms with van der Waals surface area (Å²) in [4.78, 5) is 37.6. The number of hydrogen-bond acceptors (Lipinski definition) is 6. The van der Waals surface area contributed by atoms with Crippen LogP contribution >= 0.6 is 0 Å². The van der Waals surface area contributed by atoms with Crippen molar-refractivity contribution in [1.82, 2.24) is 0 Å². The number of carbonyl (C=O) groups is 2. The summed E-state index contributed by atoms with van der Waals surface area (Å²) in [6.45, 7) is 9.22. The van der Waals surface area contributed by atoms with Crippen molar-refractivity contribution in [2.45, 2.75) is 52.6 Å². The molecule has 0 aliphatic heterocycles. The van der Waals surface area contributed by atoms with Gasteiger partial charge in [0.05, 0.1) is 16.3 Å². The van der Waals surface area contributed by atoms with Gasteiger partial charge >= 0.3 is 17.9 Å². The number of nitro groups is 1. The fourth-order valence-electron chi connectivity index (χ4n) is 3.34. The van der Waals surface area contributed by atoms with Gasteiger partial charge in [-0.2, -0.15) is 0 Å². The van der Waals surface area contributed by atoms with Crippen LogP contribution in [0.2, 0.25) is 0 Å². The SMILES string of the molecule is CC(C)(C)N(C(=O)Oc1c(F)ccc(N(C(=O)O)C(C)(C)C)c1[N+](=O)[O-])c1ccc(F)cc1N. The van der Waals surface area contributed by atoms with Crippen LogP contribution in [0.4, 0.5) is 41.1 Å². The maximum atomic E-state index is 14.8. The monoisotopic (exact) mass is 480 g/mol. The molecule has 2 aromatic carbocycles. The normalized spacial score (nSPS) is 11.6. The number of rotatable bonds is 4. The zero-order chi connectivity index (χ0) is 26.2. The number of nitro benzene ring substituents is 1. The Kier molecular flexibility index (Phi) is 7.05. The third-order valence-electron chi connectivity index (χ3n) is 4.62. The van der Waals surface area contributed by atoms with Crippen molar-refractivity contribution in [1.29, 1.82) is 0 Å². The fourth-order valence-corrected chi connectivity index (χ4v) is 3.34. The zero-order valence-corrected chi connectivity index (χ0v) is 19.6. The van der Waals surface area contributed by atoms with Crippen LogP contribution < -0.4 is 20.3 Å². The molecule has 3 N–H and O–H groups in total. The van der Waals surface area contributed by atoms with Crippen molar-refractivity contribution in [3.63, 3.8) is 0 Å². The second kappa shape index (κ2) is 9.12. The second-order valence-electron chi connectivity index (χ2n) is 9.37. The molecule has 2 amide bonds. The van der Waals surface area contributed by atoms with Crippen molar-refractivity contribution in [3.8, 4) is 5.75 Å². The Morgan fingerprint density at radius 3 is 1.97 bits per heavy atom. The van der Waals surface area contributed by atoms with Gasteiger partial charge in [-0.25, -0.2) is 18.4 Å². The molecule has 0 radical (unpaired) electrons. The highest BCUT2D eigenvalue weighted by molar-refractivity contribution is 5.96. The zero-order valence-electron chi connectivity index (χ0n) is 19.6. The average molecular weight is 480 g/mol. The number of nitrogen functional groups attached to an aromatic ring is 1. The fraction of sp³-hybridized carbons (Fsp3) is 0.364. The molecule has 0 bridgehead atoms. The Bertz CT molecular complexity index is 1140. The van der Waals surface area contributed by atoms with E-state index in [4.69, 9.17) is 10.5 Å². The van der Waals surface area contributed by atoms with Gasteiger partial charge in [-0.1, -0.05) is 0 Å². The minimum absolute atomic E-state index is 0.0277. The van der Waals surface area contributed by atoms with Crippen molar-refractivity contribution in [2.75, 3.05) is 15.5 Å². The molecule has 184 valence electrons. The predicted octanol–water partition coefficient (Wildman–Crippen LogP) is 5.54. The summed E-state index contributed by atoms with van der Waals surface area (Å²) >= 11 is 0. The minimum atomic E-state index is -1.53. The van der Waals surface area contributed by atoms with E-state index in [0.717, 1.165) is 29.2 Å². The summed E-state index contributed by atoms with van der Waals surface area (Å²) in [6.07, 6.45) is -2.78. The van der Waals surface area contributed by atoms with Crippen LogP contribution in [0.25, 0.3) is 0 Å². The Morgan fingerprint density at radius 2 is 1.53 bits per heavy atom. The van der Waals surface area contributed by atoms with Gasteiger partial charge < -0.3 is 15.6 Å². The number of carboxylic acid groups (broad SMARTS) is 1. The lowest BCUT2D eigenvalue weighted by Crippen LogP contribution is -2.48. The maximum absolute atomic E-state index is 14.8. The van der Waals surface area contributed by atoms with Crippen molar-refractivity contribution >= 4 is 34.9 Å². The van der Waals surface area contributed by atoms with Crippen molar-refractivity contribution in [2.24, 2.45) is 0 Å². The van der Waals surface area contributed by atoms with Crippen LogP contribution in [0.15, 0.2) is 30.3 Å². The molecule has 0 saturated heterocycles. The molecule has 0 fully saturated rings. The lowest BCUT2D eigenvalue weighted by atomic mass is 10.0. The Morgan fingerprint density at radius 1 is 1.00 bits per heavy atom. The average Bonchev–Trinajstić information content (AvgIpc) is 2.63. The first-order chi connectivity index (χ1) is 15.5. The molecular weight excluding hydrogens is 454 g/mol. The van der Waals surface area contributed by atoms with Crippen molar-refractivity contribution in [3.05, 3.63) is 52.1 Å². The van der Waals surface area contributed by atoms with Gasteiger partial charge in [-0.15, -0.1) is 0 Å². The molecule has 0 heterocycles. The van der Waals surface area contributed by atoms with E-state index in [1.807, 2.05) is 0 Å². The maximum Gasteiger partial charge on any atom is 0.420 e. The van der Waals surface area contributed by atoms with E-state index in [0.29, 0.717) is 4.90 Å². The van der Waals surface area contributed by atoms with Crippen LogP contribution in [0.3, 0.4) is 0 Å². The molecule has 0 atom stereocenters. The van der Waals surface area contributed by atoms with E-state index < -0.39 is 56.9 Å². The molecule has 2 rings (SSSR count). The molecule has 34 heavy (non-hydrogen) atoms. The van der Waals surface area contributed by atoms with Crippen LogP contribution in [0.5, 0.6) is 5.75 Å². The number of hydrogen-bond donors (Lipinski definition) is 2.